The summed E-state index contributed by atoms with van der Waals surface area (Å²) in [5.74, 6) is -0.634. The van der Waals surface area contributed by atoms with E-state index in [2.05, 4.69) is 11.5 Å². The summed E-state index contributed by atoms with van der Waals surface area (Å²) in [7, 11) is 0. The fraction of sp³-hybridized carbons (Fsp3) is 0.348. The van der Waals surface area contributed by atoms with Crippen molar-refractivity contribution in [2.24, 2.45) is 0 Å². The van der Waals surface area contributed by atoms with Crippen LogP contribution in [0.1, 0.15) is 36.3 Å². The number of carbonyl (C=O) groups is 1. The fourth-order valence-electron chi connectivity index (χ4n) is 3.53. The third-order valence-electron chi connectivity index (χ3n) is 4.92. The van der Waals surface area contributed by atoms with Crippen LogP contribution < -0.4 is 0 Å². The first kappa shape index (κ1) is 18.4. The molecule has 3 heteroatoms. The number of hydrogen-bond donors (Lipinski definition) is 0. The molecule has 1 fully saturated rings. The zero-order chi connectivity index (χ0) is 18.2. The monoisotopic (exact) mass is 349 g/mol. The lowest BCUT2D eigenvalue weighted by atomic mass is 9.91. The fourth-order valence-corrected chi connectivity index (χ4v) is 3.53. The summed E-state index contributed by atoms with van der Waals surface area (Å²) in [4.78, 5) is 15.4. The summed E-state index contributed by atoms with van der Waals surface area (Å²) in [6.45, 7) is 6.75. The average molecular weight is 349 g/mol. The first-order valence-corrected chi connectivity index (χ1v) is 9.43. The van der Waals surface area contributed by atoms with Crippen LogP contribution in [0.2, 0.25) is 0 Å². The Balaban J connectivity index is 1.75. The van der Waals surface area contributed by atoms with Gasteiger partial charge in [0.2, 0.25) is 0 Å². The van der Waals surface area contributed by atoms with Gasteiger partial charge in [-0.2, -0.15) is 0 Å². The molecular formula is C23H27NO2. The Morgan fingerprint density at radius 1 is 0.962 bits per heavy atom. The molecule has 0 bridgehead atoms. The van der Waals surface area contributed by atoms with Gasteiger partial charge >= 0.3 is 5.97 Å². The number of piperidine rings is 1. The molecule has 1 aliphatic heterocycles. The largest absolute Gasteiger partial charge is 0.456 e. The van der Waals surface area contributed by atoms with Gasteiger partial charge in [-0.15, -0.1) is 0 Å². The summed E-state index contributed by atoms with van der Waals surface area (Å²) in [5.41, 5.74) is 1.90. The number of carbonyl (C=O) groups excluding carboxylic acids is 1. The Morgan fingerprint density at radius 3 is 2.00 bits per heavy atom. The molecule has 0 N–H and O–H groups in total. The quantitative estimate of drug-likeness (QED) is 0.548. The van der Waals surface area contributed by atoms with Crippen molar-refractivity contribution in [3.8, 4) is 0 Å². The van der Waals surface area contributed by atoms with Crippen molar-refractivity contribution >= 4 is 5.97 Å². The van der Waals surface area contributed by atoms with Gasteiger partial charge in [-0.05, 0) is 37.1 Å². The Morgan fingerprint density at radius 2 is 1.50 bits per heavy atom. The van der Waals surface area contributed by atoms with Gasteiger partial charge in [0.25, 0.3) is 0 Å². The molecule has 1 unspecified atom stereocenters. The van der Waals surface area contributed by atoms with E-state index in [1.165, 1.54) is 19.3 Å². The molecule has 26 heavy (non-hydrogen) atoms. The van der Waals surface area contributed by atoms with Crippen LogP contribution in [-0.2, 0) is 9.53 Å². The van der Waals surface area contributed by atoms with Gasteiger partial charge in [-0.3, -0.25) is 9.69 Å². The Kier molecular flexibility index (Phi) is 6.62. The molecule has 0 spiro atoms. The smallest absolute Gasteiger partial charge is 0.318 e. The van der Waals surface area contributed by atoms with Crippen LogP contribution in [0.4, 0.5) is 0 Å². The summed E-state index contributed by atoms with van der Waals surface area (Å²) < 4.78 is 5.87. The van der Waals surface area contributed by atoms with Gasteiger partial charge in [0.1, 0.15) is 12.0 Å². The van der Waals surface area contributed by atoms with E-state index >= 15 is 0 Å². The van der Waals surface area contributed by atoms with E-state index in [4.69, 9.17) is 4.74 Å². The molecule has 1 atom stereocenters. The summed E-state index contributed by atoms with van der Waals surface area (Å²) in [6.07, 6.45) is 5.19. The number of benzene rings is 2. The molecule has 0 radical (unpaired) electrons. The maximum atomic E-state index is 13.1. The van der Waals surface area contributed by atoms with Gasteiger partial charge in [-0.25, -0.2) is 0 Å². The van der Waals surface area contributed by atoms with Crippen LogP contribution in [0.15, 0.2) is 73.3 Å². The highest BCUT2D eigenvalue weighted by molar-refractivity contribution is 5.82. The Bertz CT molecular complexity index is 653. The minimum Gasteiger partial charge on any atom is -0.456 e. The Hall–Kier alpha value is -2.39. The molecule has 0 aromatic heterocycles. The lowest BCUT2D eigenvalue weighted by Gasteiger charge is -2.29. The zero-order valence-electron chi connectivity index (χ0n) is 15.2. The average Bonchev–Trinajstić information content (AvgIpc) is 2.70. The van der Waals surface area contributed by atoms with Crippen molar-refractivity contribution in [2.45, 2.75) is 31.3 Å². The molecule has 1 saturated heterocycles. The molecular weight excluding hydrogens is 322 g/mol. The molecule has 2 aromatic rings. The van der Waals surface area contributed by atoms with Gasteiger partial charge < -0.3 is 4.74 Å². The van der Waals surface area contributed by atoms with E-state index in [-0.39, 0.29) is 12.1 Å². The molecule has 3 rings (SSSR count). The van der Waals surface area contributed by atoms with Crippen LogP contribution in [-0.4, -0.2) is 36.6 Å². The Labute approximate surface area is 156 Å². The molecule has 0 saturated carbocycles. The highest BCUT2D eigenvalue weighted by Gasteiger charge is 2.27. The number of esters is 1. The second-order valence-corrected chi connectivity index (χ2v) is 6.83. The van der Waals surface area contributed by atoms with E-state index in [9.17, 15) is 4.79 Å². The molecule has 1 heterocycles. The van der Waals surface area contributed by atoms with Crippen molar-refractivity contribution in [3.63, 3.8) is 0 Å². The molecule has 0 amide bonds. The van der Waals surface area contributed by atoms with Crippen molar-refractivity contribution in [3.05, 3.63) is 84.4 Å². The summed E-state index contributed by atoms with van der Waals surface area (Å²) in [5, 5.41) is 0. The van der Waals surface area contributed by atoms with Crippen molar-refractivity contribution in [1.29, 1.82) is 0 Å². The summed E-state index contributed by atoms with van der Waals surface area (Å²) >= 11 is 0. The normalized spacial score (nSPS) is 16.2. The molecule has 2 aromatic carbocycles. The predicted molar refractivity (Wildman–Crippen MR) is 105 cm³/mol. The van der Waals surface area contributed by atoms with Crippen molar-refractivity contribution in [2.75, 3.05) is 19.6 Å². The highest BCUT2D eigenvalue weighted by atomic mass is 16.5. The minimum absolute atomic E-state index is 0.218. The van der Waals surface area contributed by atoms with Crippen molar-refractivity contribution in [1.82, 2.24) is 4.90 Å². The zero-order valence-corrected chi connectivity index (χ0v) is 15.2. The SMILES string of the molecule is C=CC(CN1CCCCC1)OC(=O)C(c1ccccc1)c1ccccc1. The van der Waals surface area contributed by atoms with Crippen LogP contribution in [0.5, 0.6) is 0 Å². The van der Waals surface area contributed by atoms with Crippen molar-refractivity contribution < 1.29 is 9.53 Å². The van der Waals surface area contributed by atoms with E-state index in [1.54, 1.807) is 6.08 Å². The third-order valence-corrected chi connectivity index (χ3v) is 4.92. The second kappa shape index (κ2) is 9.35. The first-order valence-electron chi connectivity index (χ1n) is 9.43. The van der Waals surface area contributed by atoms with Crippen LogP contribution >= 0.6 is 0 Å². The molecule has 136 valence electrons. The number of rotatable bonds is 7. The van der Waals surface area contributed by atoms with E-state index in [0.29, 0.717) is 0 Å². The van der Waals surface area contributed by atoms with E-state index in [1.807, 2.05) is 60.7 Å². The number of likely N-dealkylation sites (tertiary alicyclic amines) is 1. The van der Waals surface area contributed by atoms with Gasteiger partial charge in [-0.1, -0.05) is 79.7 Å². The van der Waals surface area contributed by atoms with E-state index < -0.39 is 5.92 Å². The van der Waals surface area contributed by atoms with Gasteiger partial charge in [0, 0.05) is 6.54 Å². The highest BCUT2D eigenvalue weighted by Crippen LogP contribution is 2.26. The molecule has 3 nitrogen and oxygen atoms in total. The summed E-state index contributed by atoms with van der Waals surface area (Å²) in [6, 6.07) is 19.7. The van der Waals surface area contributed by atoms with E-state index in [0.717, 1.165) is 30.8 Å². The van der Waals surface area contributed by atoms with Crippen LogP contribution in [0, 0.1) is 0 Å². The van der Waals surface area contributed by atoms with Crippen LogP contribution in [0.25, 0.3) is 0 Å². The minimum atomic E-state index is -0.416. The maximum absolute atomic E-state index is 13.1. The maximum Gasteiger partial charge on any atom is 0.318 e. The first-order chi connectivity index (χ1) is 12.8. The lowest BCUT2D eigenvalue weighted by Crippen LogP contribution is -2.38. The molecule has 1 aliphatic rings. The number of nitrogens with zero attached hydrogens (tertiary/aromatic N) is 1. The number of ether oxygens (including phenoxy) is 1. The van der Waals surface area contributed by atoms with Crippen LogP contribution in [0.3, 0.4) is 0 Å². The predicted octanol–water partition coefficient (Wildman–Crippen LogP) is 4.40. The standard InChI is InChI=1S/C23H27NO2/c1-2-21(18-24-16-10-5-11-17-24)26-23(25)22(19-12-6-3-7-13-19)20-14-8-4-9-15-20/h2-4,6-9,12-15,21-22H,1,5,10-11,16-18H2. The lowest BCUT2D eigenvalue weighted by molar-refractivity contribution is -0.148. The van der Waals surface area contributed by atoms with Gasteiger partial charge in [0.15, 0.2) is 0 Å². The topological polar surface area (TPSA) is 29.5 Å². The third kappa shape index (κ3) is 4.83. The second-order valence-electron chi connectivity index (χ2n) is 6.83. The molecule has 0 aliphatic carbocycles. The van der Waals surface area contributed by atoms with Gasteiger partial charge in [0.05, 0.1) is 0 Å². The number of hydrogen-bond acceptors (Lipinski definition) is 3.